The zero-order valence-electron chi connectivity index (χ0n) is 42.4. The van der Waals surface area contributed by atoms with Gasteiger partial charge in [0, 0.05) is 72.5 Å². The summed E-state index contributed by atoms with van der Waals surface area (Å²) in [6, 6.07) is 20.2. The highest BCUT2D eigenvalue weighted by atomic mass is 35.5. The lowest BCUT2D eigenvalue weighted by molar-refractivity contribution is -0.144. The summed E-state index contributed by atoms with van der Waals surface area (Å²) in [6.45, 7) is 13.2. The van der Waals surface area contributed by atoms with E-state index in [2.05, 4.69) is 45.0 Å². The standard InChI is InChI=1S/C54H62ClN9O8S2/c1-32-34(3)74-53-46(32)47(36-13-15-38(55)16-14-36)60-42(50-62-58-30-64(50)53)26-44(66)59-39-17-19-41(20-18-39)72-24-8-22-70-21-7-23-71-29-45(67)61-49(54(4,5)6)52(69)63-28-40(65)25-43(63)51(68)56-27-35-9-11-37(12-10-35)48-33(2)57-31-73-48/h9-20,30-31,40,42-43,49,65H,7-8,21-29H2,1-6H3,(H,56,68)(H,59,66)(H,61,67)/t40-,42+,43+,49?/m1/s1. The quantitative estimate of drug-likeness (QED) is 0.0508. The van der Waals surface area contributed by atoms with Gasteiger partial charge in [-0.1, -0.05) is 68.8 Å². The Balaban J connectivity index is 0.717. The van der Waals surface area contributed by atoms with Crippen molar-refractivity contribution in [1.82, 2.24) is 35.3 Å². The van der Waals surface area contributed by atoms with E-state index < -0.39 is 41.5 Å². The summed E-state index contributed by atoms with van der Waals surface area (Å²) in [4.78, 5) is 67.1. The van der Waals surface area contributed by atoms with Crippen molar-refractivity contribution in [3.8, 4) is 21.2 Å². The van der Waals surface area contributed by atoms with Crippen LogP contribution in [-0.2, 0) is 35.2 Å². The van der Waals surface area contributed by atoms with Crippen molar-refractivity contribution in [2.45, 2.75) is 98.0 Å². The Morgan fingerprint density at radius 1 is 0.892 bits per heavy atom. The summed E-state index contributed by atoms with van der Waals surface area (Å²) in [6.07, 6.45) is 2.13. The summed E-state index contributed by atoms with van der Waals surface area (Å²) in [7, 11) is 0. The molecule has 1 unspecified atom stereocenters. The van der Waals surface area contributed by atoms with Gasteiger partial charge in [-0.05, 0) is 85.7 Å². The SMILES string of the molecule is Cc1ncsc1-c1ccc(CNC(=O)[C@@H]2C[C@@H](O)CN2C(=O)C(NC(=O)COCCCOCCCOc2ccc(NC(=O)C[C@@H]3N=C(c4ccc(Cl)cc4)c4c(sc(C)c4C)-n4cnnc43)cc2)C(C)(C)C)cc1. The average Bonchev–Trinajstić information content (AvgIpc) is 4.18. The Bertz CT molecular complexity index is 2950. The molecule has 0 bridgehead atoms. The van der Waals surface area contributed by atoms with E-state index in [4.69, 9.17) is 30.8 Å². The molecule has 8 rings (SSSR count). The van der Waals surface area contributed by atoms with Gasteiger partial charge in [0.15, 0.2) is 5.82 Å². The third-order valence-electron chi connectivity index (χ3n) is 12.8. The number of aliphatic imine (C=N–C) groups is 1. The number of thiophene rings is 1. The van der Waals surface area contributed by atoms with E-state index in [0.29, 0.717) is 54.9 Å². The molecule has 4 amide bonds. The number of hydrogen-bond acceptors (Lipinski definition) is 14. The van der Waals surface area contributed by atoms with Crippen LogP contribution in [0, 0.1) is 26.2 Å². The van der Waals surface area contributed by atoms with Crippen molar-refractivity contribution < 1.29 is 38.5 Å². The molecule has 0 radical (unpaired) electrons. The number of aliphatic hydroxyl groups excluding tert-OH is 1. The molecule has 17 nitrogen and oxygen atoms in total. The predicted octanol–water partition coefficient (Wildman–Crippen LogP) is 7.95. The Kier molecular flexibility index (Phi) is 17.7. The van der Waals surface area contributed by atoms with Crippen LogP contribution in [0.4, 0.5) is 5.69 Å². The Hall–Kier alpha value is -6.35. The molecule has 1 saturated heterocycles. The molecular weight excluding hydrogens is 1000 g/mol. The molecule has 0 spiro atoms. The molecule has 4 N–H and O–H groups in total. The van der Waals surface area contributed by atoms with Gasteiger partial charge in [-0.25, -0.2) is 4.98 Å². The van der Waals surface area contributed by atoms with Crippen LogP contribution in [-0.4, -0.2) is 117 Å². The van der Waals surface area contributed by atoms with Crippen LogP contribution in [0.25, 0.3) is 15.4 Å². The number of thiazole rings is 1. The zero-order valence-corrected chi connectivity index (χ0v) is 44.7. The molecule has 1 fully saturated rings. The van der Waals surface area contributed by atoms with Gasteiger partial charge in [0.05, 0.1) is 40.9 Å². The molecule has 0 saturated carbocycles. The van der Waals surface area contributed by atoms with Crippen molar-refractivity contribution in [3.63, 3.8) is 0 Å². The highest BCUT2D eigenvalue weighted by Gasteiger charge is 2.44. The van der Waals surface area contributed by atoms with Crippen LogP contribution < -0.4 is 20.7 Å². The number of carbonyl (C=O) groups excluding carboxylic acids is 4. The van der Waals surface area contributed by atoms with E-state index in [1.807, 2.05) is 86.3 Å². The lowest BCUT2D eigenvalue weighted by atomic mass is 9.85. The van der Waals surface area contributed by atoms with Gasteiger partial charge in [-0.3, -0.25) is 28.7 Å². The predicted molar refractivity (Wildman–Crippen MR) is 286 cm³/mol. The van der Waals surface area contributed by atoms with E-state index in [1.54, 1.807) is 53.3 Å². The smallest absolute Gasteiger partial charge is 0.246 e. The van der Waals surface area contributed by atoms with Gasteiger partial charge in [0.1, 0.15) is 41.8 Å². The maximum Gasteiger partial charge on any atom is 0.246 e. The fourth-order valence-corrected chi connectivity index (χ4v) is 10.9. The molecule has 6 aromatic rings. The number of ether oxygens (including phenoxy) is 3. The maximum atomic E-state index is 14.0. The number of rotatable bonds is 21. The van der Waals surface area contributed by atoms with Gasteiger partial charge < -0.3 is 40.2 Å². The third kappa shape index (κ3) is 13.3. The molecular formula is C54H62ClN9O8S2. The summed E-state index contributed by atoms with van der Waals surface area (Å²) in [5.41, 5.74) is 8.41. The number of nitrogens with one attached hydrogen (secondary N) is 3. The van der Waals surface area contributed by atoms with Crippen LogP contribution in [0.1, 0.15) is 91.1 Å². The summed E-state index contributed by atoms with van der Waals surface area (Å²) in [5.74, 6) is -0.266. The molecule has 20 heteroatoms. The number of aliphatic hydroxyl groups is 1. The summed E-state index contributed by atoms with van der Waals surface area (Å²) < 4.78 is 19.2. The molecule has 3 aromatic heterocycles. The van der Waals surface area contributed by atoms with Gasteiger partial charge >= 0.3 is 0 Å². The van der Waals surface area contributed by atoms with Crippen LogP contribution in [0.2, 0.25) is 5.02 Å². The molecule has 2 aliphatic rings. The zero-order chi connectivity index (χ0) is 52.5. The maximum absolute atomic E-state index is 14.0. The lowest BCUT2D eigenvalue weighted by Crippen LogP contribution is -2.58. The van der Waals surface area contributed by atoms with Crippen molar-refractivity contribution in [1.29, 1.82) is 0 Å². The first-order chi connectivity index (χ1) is 35.5. The highest BCUT2D eigenvalue weighted by molar-refractivity contribution is 7.15. The van der Waals surface area contributed by atoms with Gasteiger partial charge in [0.25, 0.3) is 0 Å². The fraction of sp³-hybridized carbons (Fsp3) is 0.407. The number of nitrogens with zero attached hydrogens (tertiary/aromatic N) is 6. The second kappa shape index (κ2) is 24.3. The Morgan fingerprint density at radius 3 is 2.30 bits per heavy atom. The van der Waals surface area contributed by atoms with Crippen LogP contribution in [0.5, 0.6) is 5.75 Å². The van der Waals surface area contributed by atoms with Crippen LogP contribution >= 0.6 is 34.3 Å². The van der Waals surface area contributed by atoms with Crippen molar-refractivity contribution in [3.05, 3.63) is 128 Å². The second-order valence-electron chi connectivity index (χ2n) is 19.5. The first-order valence-corrected chi connectivity index (χ1v) is 26.7. The molecule has 4 atom stereocenters. The minimum atomic E-state index is -0.963. The van der Waals surface area contributed by atoms with E-state index in [1.165, 1.54) is 4.90 Å². The first-order valence-electron chi connectivity index (χ1n) is 24.6. The summed E-state index contributed by atoms with van der Waals surface area (Å²) >= 11 is 9.45. The van der Waals surface area contributed by atoms with Crippen LogP contribution in [0.15, 0.2) is 89.6 Å². The molecule has 390 valence electrons. The molecule has 74 heavy (non-hydrogen) atoms. The number of halogens is 1. The number of aryl methyl sites for hydroxylation is 2. The largest absolute Gasteiger partial charge is 0.494 e. The molecule has 3 aromatic carbocycles. The number of carbonyl (C=O) groups is 4. The summed E-state index contributed by atoms with van der Waals surface area (Å²) in [5, 5.41) is 29.5. The number of hydrogen-bond donors (Lipinski definition) is 4. The average molecular weight is 1060 g/mol. The number of anilines is 1. The van der Waals surface area contributed by atoms with Crippen molar-refractivity contribution in [2.75, 3.05) is 44.9 Å². The first kappa shape index (κ1) is 53.9. The normalized spacial score (nSPS) is 16.7. The van der Waals surface area contributed by atoms with Crippen molar-refractivity contribution >= 4 is 69.3 Å². The van der Waals surface area contributed by atoms with E-state index in [0.717, 1.165) is 54.0 Å². The number of amides is 4. The number of benzene rings is 3. The van der Waals surface area contributed by atoms with E-state index in [9.17, 15) is 24.3 Å². The van der Waals surface area contributed by atoms with Crippen LogP contribution in [0.3, 0.4) is 0 Å². The number of aromatic nitrogens is 4. The van der Waals surface area contributed by atoms with Gasteiger partial charge in [-0.15, -0.1) is 32.9 Å². The Labute approximate surface area is 443 Å². The minimum Gasteiger partial charge on any atom is -0.494 e. The second-order valence-corrected chi connectivity index (χ2v) is 22.0. The topological polar surface area (TPSA) is 211 Å². The highest BCUT2D eigenvalue weighted by Crippen LogP contribution is 2.39. The monoisotopic (exact) mass is 1060 g/mol. The van der Waals surface area contributed by atoms with E-state index >= 15 is 0 Å². The lowest BCUT2D eigenvalue weighted by Gasteiger charge is -2.35. The fourth-order valence-electron chi connectivity index (χ4n) is 8.81. The molecule has 2 aliphatic heterocycles. The number of β-amino-alcohol motifs (C(OH)–C–C–N with tert-alkyl or cyclic N) is 1. The van der Waals surface area contributed by atoms with E-state index in [-0.39, 0.29) is 51.0 Å². The minimum absolute atomic E-state index is 0.0175. The Morgan fingerprint density at radius 2 is 1.59 bits per heavy atom. The third-order valence-corrected chi connectivity index (χ3v) is 15.3. The number of fused-ring (bicyclic) bond motifs is 3. The number of likely N-dealkylation sites (tertiary alicyclic amines) is 1. The van der Waals surface area contributed by atoms with Gasteiger partial charge in [0.2, 0.25) is 23.6 Å². The molecule has 5 heterocycles. The van der Waals surface area contributed by atoms with Gasteiger partial charge in [-0.2, -0.15) is 0 Å². The molecule has 0 aliphatic carbocycles. The van der Waals surface area contributed by atoms with Crippen molar-refractivity contribution in [2.24, 2.45) is 10.4 Å².